The fourth-order valence-corrected chi connectivity index (χ4v) is 5.64. The molecular weight excluding hydrogens is 374 g/mol. The van der Waals surface area contributed by atoms with E-state index in [1.54, 1.807) is 24.3 Å². The van der Waals surface area contributed by atoms with Gasteiger partial charge in [0.1, 0.15) is 6.54 Å². The molecule has 7 heteroatoms. The number of hydrogen-bond donors (Lipinski definition) is 2. The molecule has 2 fully saturated rings. The number of nitrogens with one attached hydrogen (secondary N) is 2. The molecule has 2 N–H and O–H groups in total. The van der Waals surface area contributed by atoms with Gasteiger partial charge in [-0.05, 0) is 30.7 Å². The molecule has 2 atom stereocenters. The lowest BCUT2D eigenvalue weighted by molar-refractivity contribution is -0.901. The Bertz CT molecular complexity index is 929. The first-order valence-electron chi connectivity index (χ1n) is 9.80. The number of hydrogen-bond acceptors (Lipinski definition) is 3. The smallest absolute Gasteiger partial charge is 0.251 e. The number of benzene rings is 2. The maximum absolute atomic E-state index is 12.6. The van der Waals surface area contributed by atoms with Gasteiger partial charge in [-0.3, -0.25) is 9.10 Å². The van der Waals surface area contributed by atoms with Crippen LogP contribution >= 0.6 is 0 Å². The standard InChI is InChI=1S/C21H25N3O3S/c25-21(18-7-9-20(10-8-18)24-12-4-14-28(24,26)27)22-19-11-13-23(16-19)15-17-5-2-1-3-6-17/h1-3,5-10,19H,4,11-16H2,(H,22,25)/p+1/t19-/m1/s1. The normalized spacial score (nSPS) is 23.6. The molecule has 148 valence electrons. The zero-order valence-corrected chi connectivity index (χ0v) is 16.6. The van der Waals surface area contributed by atoms with Crippen LogP contribution in [0.3, 0.4) is 0 Å². The van der Waals surface area contributed by atoms with Crippen molar-refractivity contribution < 1.29 is 18.1 Å². The third-order valence-corrected chi connectivity index (χ3v) is 7.40. The van der Waals surface area contributed by atoms with Crippen LogP contribution < -0.4 is 14.5 Å². The zero-order chi connectivity index (χ0) is 19.6. The predicted molar refractivity (Wildman–Crippen MR) is 109 cm³/mol. The van der Waals surface area contributed by atoms with E-state index >= 15 is 0 Å². The van der Waals surface area contributed by atoms with Gasteiger partial charge in [-0.25, -0.2) is 8.42 Å². The molecule has 0 aliphatic carbocycles. The van der Waals surface area contributed by atoms with Gasteiger partial charge in [0.15, 0.2) is 0 Å². The molecule has 0 aromatic heterocycles. The topological polar surface area (TPSA) is 70.9 Å². The molecule has 1 unspecified atom stereocenters. The van der Waals surface area contributed by atoms with Crippen molar-refractivity contribution in [3.63, 3.8) is 0 Å². The molecule has 2 heterocycles. The van der Waals surface area contributed by atoms with Gasteiger partial charge in [0.25, 0.3) is 5.91 Å². The number of carbonyl (C=O) groups excluding carboxylic acids is 1. The average Bonchev–Trinajstić information content (AvgIpc) is 3.28. The third kappa shape index (κ3) is 4.20. The Morgan fingerprint density at radius 1 is 1.11 bits per heavy atom. The Balaban J connectivity index is 1.33. The highest BCUT2D eigenvalue weighted by Crippen LogP contribution is 2.24. The molecule has 0 saturated carbocycles. The molecule has 4 rings (SSSR count). The van der Waals surface area contributed by atoms with Gasteiger partial charge in [0, 0.05) is 24.1 Å². The second-order valence-electron chi connectivity index (χ2n) is 7.61. The summed E-state index contributed by atoms with van der Waals surface area (Å²) in [5.41, 5.74) is 2.52. The number of quaternary nitrogens is 1. The molecule has 28 heavy (non-hydrogen) atoms. The van der Waals surface area contributed by atoms with Crippen molar-refractivity contribution in [2.24, 2.45) is 0 Å². The van der Waals surface area contributed by atoms with Gasteiger partial charge in [0.05, 0.1) is 30.6 Å². The van der Waals surface area contributed by atoms with Crippen molar-refractivity contribution in [3.05, 3.63) is 65.7 Å². The molecule has 0 radical (unpaired) electrons. The first-order valence-corrected chi connectivity index (χ1v) is 11.4. The number of nitrogens with zero attached hydrogens (tertiary/aromatic N) is 1. The van der Waals surface area contributed by atoms with E-state index in [0.717, 1.165) is 26.1 Å². The summed E-state index contributed by atoms with van der Waals surface area (Å²) < 4.78 is 25.5. The van der Waals surface area contributed by atoms with Gasteiger partial charge in [-0.2, -0.15) is 0 Å². The van der Waals surface area contributed by atoms with Gasteiger partial charge in [0.2, 0.25) is 10.0 Å². The summed E-state index contributed by atoms with van der Waals surface area (Å²) in [6.07, 6.45) is 1.62. The van der Waals surface area contributed by atoms with Crippen molar-refractivity contribution in [1.82, 2.24) is 5.32 Å². The van der Waals surface area contributed by atoms with E-state index in [9.17, 15) is 13.2 Å². The van der Waals surface area contributed by atoms with Crippen LogP contribution in [0, 0.1) is 0 Å². The summed E-state index contributed by atoms with van der Waals surface area (Å²) in [7, 11) is -3.19. The van der Waals surface area contributed by atoms with E-state index in [1.165, 1.54) is 14.8 Å². The van der Waals surface area contributed by atoms with Crippen molar-refractivity contribution in [2.75, 3.05) is 29.7 Å². The third-order valence-electron chi connectivity index (χ3n) is 5.53. The molecule has 0 spiro atoms. The maximum atomic E-state index is 12.6. The number of rotatable bonds is 5. The van der Waals surface area contributed by atoms with Gasteiger partial charge in [-0.1, -0.05) is 30.3 Å². The minimum absolute atomic E-state index is 0.0956. The molecule has 2 aliphatic heterocycles. The fraction of sp³-hybridized carbons (Fsp3) is 0.381. The summed E-state index contributed by atoms with van der Waals surface area (Å²) in [5, 5.41) is 3.12. The Kier molecular flexibility index (Phi) is 5.37. The monoisotopic (exact) mass is 400 g/mol. The van der Waals surface area contributed by atoms with Gasteiger partial charge in [-0.15, -0.1) is 0 Å². The van der Waals surface area contributed by atoms with Crippen LogP contribution in [0.5, 0.6) is 0 Å². The van der Waals surface area contributed by atoms with Crippen LogP contribution in [0.15, 0.2) is 54.6 Å². The molecule has 2 aromatic carbocycles. The van der Waals surface area contributed by atoms with Crippen LogP contribution in [-0.4, -0.2) is 45.8 Å². The van der Waals surface area contributed by atoms with Crippen molar-refractivity contribution in [1.29, 1.82) is 0 Å². The maximum Gasteiger partial charge on any atom is 0.251 e. The van der Waals surface area contributed by atoms with Crippen LogP contribution in [0.4, 0.5) is 5.69 Å². The Morgan fingerprint density at radius 3 is 2.54 bits per heavy atom. The summed E-state index contributed by atoms with van der Waals surface area (Å²) in [6, 6.07) is 17.5. The highest BCUT2D eigenvalue weighted by atomic mass is 32.2. The molecular formula is C21H26N3O3S+. The quantitative estimate of drug-likeness (QED) is 0.781. The predicted octanol–water partition coefficient (Wildman–Crippen LogP) is 0.814. The molecule has 0 bridgehead atoms. The minimum Gasteiger partial charge on any atom is -0.343 e. The van der Waals surface area contributed by atoms with E-state index in [1.807, 2.05) is 6.07 Å². The van der Waals surface area contributed by atoms with Gasteiger partial charge < -0.3 is 10.2 Å². The van der Waals surface area contributed by atoms with E-state index in [2.05, 4.69) is 29.6 Å². The summed E-state index contributed by atoms with van der Waals surface area (Å²) >= 11 is 0. The summed E-state index contributed by atoms with van der Waals surface area (Å²) in [4.78, 5) is 14.1. The number of amides is 1. The summed E-state index contributed by atoms with van der Waals surface area (Å²) in [5.74, 6) is 0.0976. The van der Waals surface area contributed by atoms with Crippen LogP contribution in [0.25, 0.3) is 0 Å². The first kappa shape index (κ1) is 19.0. The fourth-order valence-electron chi connectivity index (χ4n) is 4.08. The molecule has 1 amide bonds. The molecule has 2 saturated heterocycles. The Labute approximate surface area is 166 Å². The van der Waals surface area contributed by atoms with Crippen molar-refractivity contribution in [2.45, 2.75) is 25.4 Å². The highest BCUT2D eigenvalue weighted by molar-refractivity contribution is 7.93. The van der Waals surface area contributed by atoms with Crippen LogP contribution in [0.2, 0.25) is 0 Å². The van der Waals surface area contributed by atoms with E-state index in [4.69, 9.17) is 0 Å². The molecule has 2 aliphatic rings. The lowest BCUT2D eigenvalue weighted by atomic mass is 10.1. The molecule has 2 aromatic rings. The Hall–Kier alpha value is -2.38. The number of anilines is 1. The number of carbonyl (C=O) groups is 1. The van der Waals surface area contributed by atoms with E-state index in [0.29, 0.717) is 24.2 Å². The van der Waals surface area contributed by atoms with E-state index < -0.39 is 10.0 Å². The SMILES string of the molecule is O=C(N[C@@H]1CC[NH+](Cc2ccccc2)C1)c1ccc(N2CCCS2(=O)=O)cc1. The summed E-state index contributed by atoms with van der Waals surface area (Å²) in [6.45, 7) is 3.46. The zero-order valence-electron chi connectivity index (χ0n) is 15.8. The van der Waals surface area contributed by atoms with Gasteiger partial charge >= 0.3 is 0 Å². The first-order chi connectivity index (χ1) is 13.5. The second-order valence-corrected chi connectivity index (χ2v) is 9.63. The highest BCUT2D eigenvalue weighted by Gasteiger charge is 2.29. The van der Waals surface area contributed by atoms with E-state index in [-0.39, 0.29) is 17.7 Å². The van der Waals surface area contributed by atoms with Crippen molar-refractivity contribution in [3.8, 4) is 0 Å². The number of sulfonamides is 1. The van der Waals surface area contributed by atoms with Crippen LogP contribution in [0.1, 0.15) is 28.8 Å². The lowest BCUT2D eigenvalue weighted by Gasteiger charge is -2.17. The minimum atomic E-state index is -3.19. The lowest BCUT2D eigenvalue weighted by Crippen LogP contribution is -3.09. The average molecular weight is 401 g/mol. The second kappa shape index (κ2) is 7.93. The van der Waals surface area contributed by atoms with Crippen LogP contribution in [-0.2, 0) is 16.6 Å². The molecule has 6 nitrogen and oxygen atoms in total. The number of likely N-dealkylation sites (tertiary alicyclic amines) is 1. The Morgan fingerprint density at radius 2 is 1.86 bits per heavy atom. The largest absolute Gasteiger partial charge is 0.343 e. The van der Waals surface area contributed by atoms with Crippen molar-refractivity contribution >= 4 is 21.6 Å².